The molecular formula is C15H22N4. The molecule has 19 heavy (non-hydrogen) atoms. The summed E-state index contributed by atoms with van der Waals surface area (Å²) in [6.07, 6.45) is 4.27. The van der Waals surface area contributed by atoms with Crippen LogP contribution in [0.1, 0.15) is 32.4 Å². The molecule has 1 atom stereocenters. The Hall–Kier alpha value is -1.60. The van der Waals surface area contributed by atoms with Crippen LogP contribution in [0.15, 0.2) is 18.3 Å². The maximum atomic E-state index is 8.96. The van der Waals surface area contributed by atoms with Crippen molar-refractivity contribution in [2.45, 2.75) is 32.7 Å². The Morgan fingerprint density at radius 3 is 3.05 bits per heavy atom. The van der Waals surface area contributed by atoms with Gasteiger partial charge in [-0.2, -0.15) is 5.26 Å². The van der Waals surface area contributed by atoms with Crippen LogP contribution in [-0.4, -0.2) is 30.7 Å². The van der Waals surface area contributed by atoms with Crippen LogP contribution in [0, 0.1) is 17.2 Å². The number of nitriles is 1. The molecule has 1 aliphatic rings. The molecule has 4 heteroatoms. The predicted molar refractivity (Wildman–Crippen MR) is 77.0 cm³/mol. The van der Waals surface area contributed by atoms with Crippen LogP contribution >= 0.6 is 0 Å². The molecule has 2 rings (SSSR count). The summed E-state index contributed by atoms with van der Waals surface area (Å²) < 4.78 is 0. The number of aromatic nitrogens is 1. The van der Waals surface area contributed by atoms with E-state index in [1.807, 2.05) is 12.1 Å². The van der Waals surface area contributed by atoms with Crippen molar-refractivity contribution < 1.29 is 0 Å². The van der Waals surface area contributed by atoms with Gasteiger partial charge >= 0.3 is 0 Å². The molecular weight excluding hydrogens is 236 g/mol. The van der Waals surface area contributed by atoms with E-state index in [2.05, 4.69) is 35.1 Å². The third kappa shape index (κ3) is 3.68. The number of nitrogens with one attached hydrogen (secondary N) is 1. The molecule has 0 bridgehead atoms. The number of nitrogens with zero attached hydrogens (tertiary/aromatic N) is 3. The van der Waals surface area contributed by atoms with Crippen molar-refractivity contribution >= 4 is 5.69 Å². The van der Waals surface area contributed by atoms with Gasteiger partial charge in [0.15, 0.2) is 0 Å². The first kappa shape index (κ1) is 13.8. The van der Waals surface area contributed by atoms with Gasteiger partial charge in [-0.15, -0.1) is 0 Å². The number of hydrogen-bond acceptors (Lipinski definition) is 4. The SMILES string of the molecule is CC(C)N(CC1CCCNC1)c1ccnc(C#N)c1. The summed E-state index contributed by atoms with van der Waals surface area (Å²) in [4.78, 5) is 6.42. The van der Waals surface area contributed by atoms with E-state index < -0.39 is 0 Å². The second-order valence-corrected chi connectivity index (χ2v) is 5.47. The summed E-state index contributed by atoms with van der Waals surface area (Å²) in [6.45, 7) is 7.68. The summed E-state index contributed by atoms with van der Waals surface area (Å²) >= 11 is 0. The molecule has 1 saturated heterocycles. The Morgan fingerprint density at radius 1 is 1.58 bits per heavy atom. The fraction of sp³-hybridized carbons (Fsp3) is 0.600. The first-order valence-electron chi connectivity index (χ1n) is 7.04. The van der Waals surface area contributed by atoms with Crippen molar-refractivity contribution in [1.82, 2.24) is 10.3 Å². The average molecular weight is 258 g/mol. The maximum Gasteiger partial charge on any atom is 0.142 e. The Balaban J connectivity index is 2.12. The predicted octanol–water partition coefficient (Wildman–Crippen LogP) is 2.17. The van der Waals surface area contributed by atoms with Crippen molar-refractivity contribution in [3.05, 3.63) is 24.0 Å². The van der Waals surface area contributed by atoms with E-state index in [9.17, 15) is 0 Å². The van der Waals surface area contributed by atoms with Gasteiger partial charge in [-0.1, -0.05) is 0 Å². The van der Waals surface area contributed by atoms with Gasteiger partial charge in [0.2, 0.25) is 0 Å². The fourth-order valence-electron chi connectivity index (χ4n) is 2.63. The second kappa shape index (κ2) is 6.53. The minimum atomic E-state index is 0.427. The molecule has 0 spiro atoms. The van der Waals surface area contributed by atoms with Gasteiger partial charge in [0.1, 0.15) is 11.8 Å². The van der Waals surface area contributed by atoms with Crippen LogP contribution in [0.3, 0.4) is 0 Å². The van der Waals surface area contributed by atoms with Crippen LogP contribution in [0.4, 0.5) is 5.69 Å². The highest BCUT2D eigenvalue weighted by Gasteiger charge is 2.19. The van der Waals surface area contributed by atoms with Crippen molar-refractivity contribution in [3.63, 3.8) is 0 Å². The van der Waals surface area contributed by atoms with E-state index >= 15 is 0 Å². The largest absolute Gasteiger partial charge is 0.369 e. The van der Waals surface area contributed by atoms with E-state index in [0.717, 1.165) is 25.3 Å². The summed E-state index contributed by atoms with van der Waals surface area (Å²) in [5.41, 5.74) is 1.59. The lowest BCUT2D eigenvalue weighted by atomic mass is 9.98. The third-order valence-corrected chi connectivity index (χ3v) is 3.67. The minimum absolute atomic E-state index is 0.427. The number of piperidine rings is 1. The van der Waals surface area contributed by atoms with E-state index in [4.69, 9.17) is 5.26 Å². The van der Waals surface area contributed by atoms with Gasteiger partial charge in [0.05, 0.1) is 0 Å². The molecule has 1 unspecified atom stereocenters. The van der Waals surface area contributed by atoms with Gasteiger partial charge in [-0.05, 0) is 57.8 Å². The fourth-order valence-corrected chi connectivity index (χ4v) is 2.63. The highest BCUT2D eigenvalue weighted by molar-refractivity contribution is 5.49. The van der Waals surface area contributed by atoms with Crippen molar-refractivity contribution in [1.29, 1.82) is 5.26 Å². The topological polar surface area (TPSA) is 52.0 Å². The standard InChI is InChI=1S/C15H22N4/c1-12(2)19(11-13-4-3-6-17-10-13)15-5-7-18-14(8-15)9-16/h5,7-8,12-13,17H,3-4,6,10-11H2,1-2H3. The Bertz CT molecular complexity index is 444. The van der Waals surface area contributed by atoms with Gasteiger partial charge in [0, 0.05) is 24.5 Å². The number of hydrogen-bond donors (Lipinski definition) is 1. The molecule has 1 aromatic rings. The molecule has 0 aliphatic carbocycles. The van der Waals surface area contributed by atoms with Gasteiger partial charge < -0.3 is 10.2 Å². The Kier molecular flexibility index (Phi) is 4.75. The molecule has 0 saturated carbocycles. The van der Waals surface area contributed by atoms with E-state index in [1.54, 1.807) is 6.20 Å². The van der Waals surface area contributed by atoms with Crippen molar-refractivity contribution in [2.24, 2.45) is 5.92 Å². The molecule has 0 aromatic carbocycles. The summed E-state index contributed by atoms with van der Waals surface area (Å²) in [5, 5.41) is 12.4. The quantitative estimate of drug-likeness (QED) is 0.899. The number of pyridine rings is 1. The molecule has 1 aromatic heterocycles. The van der Waals surface area contributed by atoms with Gasteiger partial charge in [-0.3, -0.25) is 0 Å². The lowest BCUT2D eigenvalue weighted by molar-refractivity contribution is 0.371. The first-order chi connectivity index (χ1) is 9.20. The van der Waals surface area contributed by atoms with Crippen LogP contribution in [0.25, 0.3) is 0 Å². The van der Waals surface area contributed by atoms with Crippen molar-refractivity contribution in [3.8, 4) is 6.07 Å². The van der Waals surface area contributed by atoms with Gasteiger partial charge in [0.25, 0.3) is 0 Å². The lowest BCUT2D eigenvalue weighted by Crippen LogP contribution is -2.41. The van der Waals surface area contributed by atoms with E-state index in [1.165, 1.54) is 12.8 Å². The van der Waals surface area contributed by atoms with Gasteiger partial charge in [-0.25, -0.2) is 4.98 Å². The normalized spacial score (nSPS) is 19.2. The molecule has 4 nitrogen and oxygen atoms in total. The second-order valence-electron chi connectivity index (χ2n) is 5.47. The maximum absolute atomic E-state index is 8.96. The molecule has 2 heterocycles. The minimum Gasteiger partial charge on any atom is -0.369 e. The molecule has 1 aliphatic heterocycles. The zero-order chi connectivity index (χ0) is 13.7. The smallest absolute Gasteiger partial charge is 0.142 e. The molecule has 0 radical (unpaired) electrons. The third-order valence-electron chi connectivity index (χ3n) is 3.67. The number of anilines is 1. The average Bonchev–Trinajstić information content (AvgIpc) is 2.45. The molecule has 102 valence electrons. The van der Waals surface area contributed by atoms with Crippen LogP contribution < -0.4 is 10.2 Å². The summed E-state index contributed by atoms with van der Waals surface area (Å²) in [7, 11) is 0. The van der Waals surface area contributed by atoms with Crippen molar-refractivity contribution in [2.75, 3.05) is 24.5 Å². The molecule has 0 amide bonds. The lowest BCUT2D eigenvalue weighted by Gasteiger charge is -2.34. The monoisotopic (exact) mass is 258 g/mol. The zero-order valence-electron chi connectivity index (χ0n) is 11.8. The summed E-state index contributed by atoms with van der Waals surface area (Å²) in [5.74, 6) is 0.690. The van der Waals surface area contributed by atoms with Crippen LogP contribution in [-0.2, 0) is 0 Å². The van der Waals surface area contributed by atoms with Crippen LogP contribution in [0.5, 0.6) is 0 Å². The summed E-state index contributed by atoms with van der Waals surface area (Å²) in [6, 6.07) is 6.42. The number of rotatable bonds is 4. The van der Waals surface area contributed by atoms with E-state index in [0.29, 0.717) is 17.7 Å². The highest BCUT2D eigenvalue weighted by atomic mass is 15.2. The highest BCUT2D eigenvalue weighted by Crippen LogP contribution is 2.21. The Labute approximate surface area is 115 Å². The molecule has 1 N–H and O–H groups in total. The molecule has 1 fully saturated rings. The van der Waals surface area contributed by atoms with Crippen LogP contribution in [0.2, 0.25) is 0 Å². The van der Waals surface area contributed by atoms with E-state index in [-0.39, 0.29) is 0 Å². The zero-order valence-corrected chi connectivity index (χ0v) is 11.8. The first-order valence-corrected chi connectivity index (χ1v) is 7.04. The Morgan fingerprint density at radius 2 is 2.42 bits per heavy atom.